The minimum Gasteiger partial charge on any atom is -0.775 e. The minimum atomic E-state index is -0.906. The molecule has 1 atom stereocenters. The van der Waals surface area contributed by atoms with Crippen LogP contribution < -0.4 is 21.7 Å². The highest BCUT2D eigenvalue weighted by Crippen LogP contribution is 2.55. The van der Waals surface area contributed by atoms with Gasteiger partial charge in [-0.05, 0) is 99.1 Å². The highest BCUT2D eigenvalue weighted by Gasteiger charge is 2.45. The number of unbranched alkanes of at least 4 members (excludes halogenated alkanes) is 6. The summed E-state index contributed by atoms with van der Waals surface area (Å²) >= 11 is 0. The van der Waals surface area contributed by atoms with E-state index in [2.05, 4.69) is 90.2 Å². The lowest BCUT2D eigenvalue weighted by Crippen LogP contribution is -2.31. The van der Waals surface area contributed by atoms with Crippen LogP contribution in [0.5, 0.6) is 0 Å². The summed E-state index contributed by atoms with van der Waals surface area (Å²) in [5.41, 5.74) is 18.8. The zero-order valence-corrected chi connectivity index (χ0v) is 33.6. The van der Waals surface area contributed by atoms with Gasteiger partial charge in [0.2, 0.25) is 5.70 Å². The first-order chi connectivity index (χ1) is 27.8. The lowest BCUT2D eigenvalue weighted by molar-refractivity contribution is -0.115. The number of Topliss-reactive ketones (excluding diaryl/α,β-unsaturated/α-hetero) is 1. The molecular formula is C50H53N6O-. The molecular weight excluding hydrogens is 701 g/mol. The Balaban J connectivity index is 1.48. The van der Waals surface area contributed by atoms with Gasteiger partial charge in [-0.2, -0.15) is 0 Å². The summed E-state index contributed by atoms with van der Waals surface area (Å²) in [7, 11) is 0. The molecule has 7 rings (SSSR count). The van der Waals surface area contributed by atoms with Gasteiger partial charge in [-0.3, -0.25) is 10.7 Å². The summed E-state index contributed by atoms with van der Waals surface area (Å²) in [4.78, 5) is 21.3. The van der Waals surface area contributed by atoms with Gasteiger partial charge in [0.25, 0.3) is 0 Å². The largest absolute Gasteiger partial charge is 0.775 e. The first kappa shape index (κ1) is 39.2. The molecule has 0 saturated heterocycles. The molecule has 0 aromatic heterocycles. The van der Waals surface area contributed by atoms with Crippen molar-refractivity contribution in [2.45, 2.75) is 84.5 Å². The van der Waals surface area contributed by atoms with Crippen molar-refractivity contribution < 1.29 is 4.79 Å². The number of carbonyl (C=O) groups excluding carboxylic acids is 1. The molecule has 0 radical (unpaired) electrons. The average Bonchev–Trinajstić information content (AvgIpc) is 3.22. The molecule has 0 amide bonds. The lowest BCUT2D eigenvalue weighted by atomic mass is 9.66. The third kappa shape index (κ3) is 7.46. The fourth-order valence-corrected chi connectivity index (χ4v) is 8.74. The molecule has 7 heteroatoms. The van der Waals surface area contributed by atoms with Crippen molar-refractivity contribution in [1.29, 1.82) is 0 Å². The zero-order valence-electron chi connectivity index (χ0n) is 33.6. The number of benzene rings is 6. The molecule has 1 aliphatic rings. The van der Waals surface area contributed by atoms with Crippen LogP contribution in [-0.2, 0) is 4.79 Å². The van der Waals surface area contributed by atoms with E-state index >= 15 is 4.79 Å². The maximum atomic E-state index is 15.1. The number of rotatable bonds is 17. The predicted octanol–water partition coefficient (Wildman–Crippen LogP) is 12.4. The molecule has 6 aromatic carbocycles. The van der Waals surface area contributed by atoms with Crippen LogP contribution in [0.25, 0.3) is 58.9 Å². The van der Waals surface area contributed by atoms with E-state index in [1.165, 1.54) is 0 Å². The van der Waals surface area contributed by atoms with Crippen LogP contribution in [0, 0.1) is 6.57 Å². The quantitative estimate of drug-likeness (QED) is 0.0282. The number of anilines is 4. The maximum Gasteiger partial charge on any atom is 0.210 e. The van der Waals surface area contributed by atoms with Gasteiger partial charge in [0.15, 0.2) is 5.78 Å². The van der Waals surface area contributed by atoms with Crippen LogP contribution in [0.3, 0.4) is 0 Å². The van der Waals surface area contributed by atoms with Crippen LogP contribution in [0.4, 0.5) is 22.7 Å². The molecule has 7 nitrogen and oxygen atoms in total. The van der Waals surface area contributed by atoms with Gasteiger partial charge in [0, 0.05) is 64.3 Å². The van der Waals surface area contributed by atoms with Crippen LogP contribution in [-0.4, -0.2) is 31.3 Å². The third-order valence-electron chi connectivity index (χ3n) is 11.7. The molecule has 57 heavy (non-hydrogen) atoms. The van der Waals surface area contributed by atoms with Gasteiger partial charge in [0.05, 0.1) is 12.5 Å². The zero-order chi connectivity index (χ0) is 40.1. The second-order valence-electron chi connectivity index (χ2n) is 15.5. The van der Waals surface area contributed by atoms with E-state index in [1.807, 2.05) is 36.4 Å². The molecule has 0 spiro atoms. The SMILES string of the molecule is [C-]#[N+]C(=C=[N-])C1=C(c2c(N)cc(NCCCCC)c3cc4ccccc4cc23)C(=O)C1c1c(N)cc(N(CCCCC)CCCCC)c2cc3ccccc3cc12. The predicted molar refractivity (Wildman–Crippen MR) is 244 cm³/mol. The first-order valence-corrected chi connectivity index (χ1v) is 20.8. The number of nitrogens with one attached hydrogen (secondary N) is 1. The summed E-state index contributed by atoms with van der Waals surface area (Å²) < 4.78 is 0. The van der Waals surface area contributed by atoms with Crippen LogP contribution in [0.15, 0.2) is 96.2 Å². The van der Waals surface area contributed by atoms with Crippen LogP contribution in [0.1, 0.15) is 95.6 Å². The van der Waals surface area contributed by atoms with E-state index in [1.54, 1.807) is 0 Å². The number of ketones is 1. The van der Waals surface area contributed by atoms with Gasteiger partial charge in [-0.25, -0.2) is 4.85 Å². The Labute approximate surface area is 336 Å². The van der Waals surface area contributed by atoms with Gasteiger partial charge < -0.3 is 27.1 Å². The Kier molecular flexibility index (Phi) is 11.9. The fraction of sp³-hybridized carbons (Fsp3) is 0.320. The van der Waals surface area contributed by atoms with E-state index in [0.717, 1.165) is 132 Å². The van der Waals surface area contributed by atoms with Gasteiger partial charge in [-0.1, -0.05) is 108 Å². The Morgan fingerprint density at radius 1 is 0.737 bits per heavy atom. The Hall–Kier alpha value is -6.09. The lowest BCUT2D eigenvalue weighted by Gasteiger charge is -2.36. The van der Waals surface area contributed by atoms with Crippen LogP contribution >= 0.6 is 0 Å². The van der Waals surface area contributed by atoms with Crippen molar-refractivity contribution in [3.63, 3.8) is 0 Å². The number of hydrogen-bond acceptors (Lipinski definition) is 5. The van der Waals surface area contributed by atoms with E-state index < -0.39 is 5.92 Å². The summed E-state index contributed by atoms with van der Waals surface area (Å²) in [5, 5.41) is 22.0. The van der Waals surface area contributed by atoms with Crippen molar-refractivity contribution in [2.75, 3.05) is 41.3 Å². The molecule has 0 aliphatic heterocycles. The molecule has 0 saturated carbocycles. The Morgan fingerprint density at radius 3 is 1.84 bits per heavy atom. The minimum absolute atomic E-state index is 0.122. The monoisotopic (exact) mass is 753 g/mol. The smallest absolute Gasteiger partial charge is 0.210 e. The van der Waals surface area contributed by atoms with Gasteiger partial charge >= 0.3 is 0 Å². The molecule has 6 aromatic rings. The molecule has 1 unspecified atom stereocenters. The number of nitrogen functional groups attached to an aromatic ring is 2. The van der Waals surface area contributed by atoms with Crippen molar-refractivity contribution in [2.24, 2.45) is 0 Å². The van der Waals surface area contributed by atoms with Gasteiger partial charge in [0.1, 0.15) is 0 Å². The number of fused-ring (bicyclic) bond motifs is 4. The average molecular weight is 754 g/mol. The van der Waals surface area contributed by atoms with Crippen molar-refractivity contribution in [3.05, 3.63) is 124 Å². The number of nitrogens with two attached hydrogens (primary N) is 2. The van der Waals surface area contributed by atoms with Crippen molar-refractivity contribution in [3.8, 4) is 0 Å². The Bertz CT molecular complexity index is 2610. The van der Waals surface area contributed by atoms with Gasteiger partial charge in [-0.15, -0.1) is 0 Å². The summed E-state index contributed by atoms with van der Waals surface area (Å²) in [5.74, 6) is 1.06. The van der Waals surface area contributed by atoms with Crippen molar-refractivity contribution >= 4 is 83.1 Å². The number of hydrogen-bond donors (Lipinski definition) is 3. The summed E-state index contributed by atoms with van der Waals surface area (Å²) in [6.07, 6.45) is 9.92. The van der Waals surface area contributed by atoms with E-state index in [0.29, 0.717) is 33.6 Å². The number of carbonyl (C=O) groups is 1. The molecule has 0 bridgehead atoms. The second kappa shape index (κ2) is 17.4. The fourth-order valence-electron chi connectivity index (χ4n) is 8.74. The normalized spacial score (nSPS) is 13.9. The first-order valence-electron chi connectivity index (χ1n) is 20.8. The van der Waals surface area contributed by atoms with Crippen LogP contribution in [0.2, 0.25) is 0 Å². The van der Waals surface area contributed by atoms with E-state index in [4.69, 9.17) is 18.0 Å². The topological polar surface area (TPSA) is 111 Å². The summed E-state index contributed by atoms with van der Waals surface area (Å²) in [6, 6.07) is 28.9. The standard InChI is InChI=1S/C50H53N6O/c1-5-8-15-22-55-42-29-40(52)45(38-27-34-20-13-11-18-32(34)25-36(38)42)48-47(43(31-51)54-4)49(50(48)57)46-39-28-35-21-14-12-19-33(35)26-37(39)44(30-41(46)53)56(23-16-9-6-2)24-17-10-7-3/h11-14,18-21,25-30,49,55H,5-10,15-17,22-24,52-53H2,1-3H3/q-1. The molecule has 0 heterocycles. The highest BCUT2D eigenvalue weighted by atomic mass is 16.1. The Morgan fingerprint density at radius 2 is 1.28 bits per heavy atom. The van der Waals surface area contributed by atoms with E-state index in [9.17, 15) is 5.41 Å². The van der Waals surface area contributed by atoms with Crippen molar-refractivity contribution in [1.82, 2.24) is 0 Å². The third-order valence-corrected chi connectivity index (χ3v) is 11.7. The molecule has 1 aliphatic carbocycles. The molecule has 290 valence electrons. The summed E-state index contributed by atoms with van der Waals surface area (Å²) in [6.45, 7) is 17.4. The number of nitrogens with zero attached hydrogens (tertiary/aromatic N) is 3. The van der Waals surface area contributed by atoms with E-state index in [-0.39, 0.29) is 11.5 Å². The molecule has 5 N–H and O–H groups in total. The highest BCUT2D eigenvalue weighted by molar-refractivity contribution is 6.38. The molecule has 0 fully saturated rings. The maximum absolute atomic E-state index is 15.1. The number of allylic oxidation sites excluding steroid dienone is 2. The second-order valence-corrected chi connectivity index (χ2v) is 15.5.